The van der Waals surface area contributed by atoms with Crippen LogP contribution in [0.3, 0.4) is 0 Å². The highest BCUT2D eigenvalue weighted by molar-refractivity contribution is 6.16. The molecule has 0 aromatic carbocycles. The van der Waals surface area contributed by atoms with Crippen molar-refractivity contribution in [3.05, 3.63) is 11.6 Å². The number of hydrogen-bond acceptors (Lipinski definition) is 2. The fourth-order valence-corrected chi connectivity index (χ4v) is 1.97. The molecule has 2 amide bonds. The molecule has 0 fully saturated rings. The Labute approximate surface area is 97.5 Å². The molecule has 3 nitrogen and oxygen atoms in total. The number of carbonyl (C=O) groups is 2. The Balaban J connectivity index is 2.46. The van der Waals surface area contributed by atoms with Crippen molar-refractivity contribution in [1.82, 2.24) is 4.90 Å². The minimum Gasteiger partial charge on any atom is -0.272 e. The van der Waals surface area contributed by atoms with Crippen molar-refractivity contribution in [2.75, 3.05) is 0 Å². The number of rotatable bonds is 5. The van der Waals surface area contributed by atoms with Gasteiger partial charge in [-0.15, -0.1) is 0 Å². The number of amides is 2. The zero-order chi connectivity index (χ0) is 12.3. The Kier molecular flexibility index (Phi) is 4.27. The molecule has 0 N–H and O–H groups in total. The first-order chi connectivity index (χ1) is 7.43. The van der Waals surface area contributed by atoms with Crippen LogP contribution in [0.25, 0.3) is 0 Å². The standard InChI is InChI=1S/C13H21NO2/c1-9(2)6-5-7-11(4)14-12(15)8-10(3)13(14)16/h8-9,11H,5-7H2,1-4H3. The maximum atomic E-state index is 11.7. The summed E-state index contributed by atoms with van der Waals surface area (Å²) in [6.07, 6.45) is 4.54. The third-order valence-electron chi connectivity index (χ3n) is 2.98. The van der Waals surface area contributed by atoms with Crippen molar-refractivity contribution in [2.24, 2.45) is 5.92 Å². The lowest BCUT2D eigenvalue weighted by molar-refractivity contribution is -0.139. The van der Waals surface area contributed by atoms with E-state index >= 15 is 0 Å². The third kappa shape index (κ3) is 2.94. The first-order valence-electron chi connectivity index (χ1n) is 5.99. The van der Waals surface area contributed by atoms with Crippen LogP contribution in [0, 0.1) is 5.92 Å². The van der Waals surface area contributed by atoms with Gasteiger partial charge in [-0.25, -0.2) is 0 Å². The summed E-state index contributed by atoms with van der Waals surface area (Å²) in [7, 11) is 0. The molecule has 0 aromatic rings. The Morgan fingerprint density at radius 2 is 1.81 bits per heavy atom. The van der Waals surface area contributed by atoms with Crippen LogP contribution in [0.1, 0.15) is 47.0 Å². The number of imide groups is 1. The van der Waals surface area contributed by atoms with Gasteiger partial charge in [-0.3, -0.25) is 14.5 Å². The summed E-state index contributed by atoms with van der Waals surface area (Å²) < 4.78 is 0. The number of nitrogens with zero attached hydrogens (tertiary/aromatic N) is 1. The van der Waals surface area contributed by atoms with Crippen molar-refractivity contribution >= 4 is 11.8 Å². The Bertz CT molecular complexity index is 318. The normalized spacial score (nSPS) is 18.3. The highest BCUT2D eigenvalue weighted by Crippen LogP contribution is 2.19. The zero-order valence-electron chi connectivity index (χ0n) is 10.6. The molecule has 1 atom stereocenters. The summed E-state index contributed by atoms with van der Waals surface area (Å²) in [6, 6.07) is 0.0208. The molecule has 1 unspecified atom stereocenters. The quantitative estimate of drug-likeness (QED) is 0.672. The van der Waals surface area contributed by atoms with Crippen LogP contribution >= 0.6 is 0 Å². The number of carbonyl (C=O) groups excluding carboxylic acids is 2. The largest absolute Gasteiger partial charge is 0.272 e. The molecule has 90 valence electrons. The maximum Gasteiger partial charge on any atom is 0.256 e. The van der Waals surface area contributed by atoms with E-state index in [1.165, 1.54) is 11.0 Å². The summed E-state index contributed by atoms with van der Waals surface area (Å²) in [4.78, 5) is 24.6. The molecule has 0 saturated heterocycles. The zero-order valence-corrected chi connectivity index (χ0v) is 10.6. The molecule has 0 bridgehead atoms. The van der Waals surface area contributed by atoms with Gasteiger partial charge in [-0.2, -0.15) is 0 Å². The van der Waals surface area contributed by atoms with Crippen molar-refractivity contribution in [1.29, 1.82) is 0 Å². The monoisotopic (exact) mass is 223 g/mol. The minimum absolute atomic E-state index is 0.0208. The summed E-state index contributed by atoms with van der Waals surface area (Å²) in [5.74, 6) is 0.402. The molecule has 3 heteroatoms. The van der Waals surface area contributed by atoms with E-state index in [0.717, 1.165) is 19.3 Å². The highest BCUT2D eigenvalue weighted by atomic mass is 16.2. The Hall–Kier alpha value is -1.12. The first-order valence-corrected chi connectivity index (χ1v) is 5.99. The number of hydrogen-bond donors (Lipinski definition) is 0. The van der Waals surface area contributed by atoms with Gasteiger partial charge < -0.3 is 0 Å². The lowest BCUT2D eigenvalue weighted by Gasteiger charge is -2.23. The molecule has 0 saturated carbocycles. The molecular formula is C13H21NO2. The van der Waals surface area contributed by atoms with Crippen LogP contribution in [0.5, 0.6) is 0 Å². The summed E-state index contributed by atoms with van der Waals surface area (Å²) in [5.41, 5.74) is 0.556. The van der Waals surface area contributed by atoms with E-state index in [9.17, 15) is 9.59 Å². The maximum absolute atomic E-state index is 11.7. The van der Waals surface area contributed by atoms with E-state index in [1.54, 1.807) is 6.92 Å². The van der Waals surface area contributed by atoms with Crippen LogP contribution in [-0.4, -0.2) is 22.8 Å². The molecule has 1 rings (SSSR count). The van der Waals surface area contributed by atoms with E-state index in [1.807, 2.05) is 6.92 Å². The molecule has 0 aliphatic carbocycles. The lowest BCUT2D eigenvalue weighted by Crippen LogP contribution is -2.38. The molecule has 0 spiro atoms. The van der Waals surface area contributed by atoms with Gasteiger partial charge in [0, 0.05) is 17.7 Å². The molecule has 0 aromatic heterocycles. The molecule has 1 aliphatic heterocycles. The van der Waals surface area contributed by atoms with E-state index in [0.29, 0.717) is 11.5 Å². The van der Waals surface area contributed by atoms with Crippen LogP contribution in [0.2, 0.25) is 0 Å². The second kappa shape index (κ2) is 5.28. The highest BCUT2D eigenvalue weighted by Gasteiger charge is 2.31. The van der Waals surface area contributed by atoms with Crippen molar-refractivity contribution in [2.45, 2.75) is 53.0 Å². The van der Waals surface area contributed by atoms with Gasteiger partial charge in [0.05, 0.1) is 0 Å². The molecule has 0 radical (unpaired) electrons. The third-order valence-corrected chi connectivity index (χ3v) is 2.98. The minimum atomic E-state index is -0.153. The van der Waals surface area contributed by atoms with Crippen LogP contribution in [-0.2, 0) is 9.59 Å². The van der Waals surface area contributed by atoms with E-state index in [2.05, 4.69) is 13.8 Å². The average Bonchev–Trinajstić information content (AvgIpc) is 2.40. The van der Waals surface area contributed by atoms with E-state index in [4.69, 9.17) is 0 Å². The second-order valence-electron chi connectivity index (χ2n) is 5.01. The van der Waals surface area contributed by atoms with Gasteiger partial charge in [0.1, 0.15) is 0 Å². The van der Waals surface area contributed by atoms with Crippen molar-refractivity contribution in [3.8, 4) is 0 Å². The van der Waals surface area contributed by atoms with E-state index < -0.39 is 0 Å². The topological polar surface area (TPSA) is 37.4 Å². The summed E-state index contributed by atoms with van der Waals surface area (Å²) in [6.45, 7) is 8.01. The van der Waals surface area contributed by atoms with Gasteiger partial charge in [0.15, 0.2) is 0 Å². The Morgan fingerprint density at radius 1 is 1.19 bits per heavy atom. The van der Waals surface area contributed by atoms with Crippen molar-refractivity contribution < 1.29 is 9.59 Å². The summed E-state index contributed by atoms with van der Waals surface area (Å²) in [5, 5.41) is 0. The second-order valence-corrected chi connectivity index (χ2v) is 5.01. The molecular weight excluding hydrogens is 202 g/mol. The van der Waals surface area contributed by atoms with Gasteiger partial charge >= 0.3 is 0 Å². The van der Waals surface area contributed by atoms with Gasteiger partial charge in [-0.05, 0) is 26.2 Å². The average molecular weight is 223 g/mol. The Morgan fingerprint density at radius 3 is 2.25 bits per heavy atom. The van der Waals surface area contributed by atoms with Crippen LogP contribution in [0.15, 0.2) is 11.6 Å². The smallest absolute Gasteiger partial charge is 0.256 e. The lowest BCUT2D eigenvalue weighted by atomic mass is 10.0. The first kappa shape index (κ1) is 12.9. The fourth-order valence-electron chi connectivity index (χ4n) is 1.97. The summed E-state index contributed by atoms with van der Waals surface area (Å²) >= 11 is 0. The van der Waals surface area contributed by atoms with Crippen LogP contribution in [0.4, 0.5) is 0 Å². The van der Waals surface area contributed by atoms with E-state index in [-0.39, 0.29) is 17.9 Å². The molecule has 16 heavy (non-hydrogen) atoms. The fraction of sp³-hybridized carbons (Fsp3) is 0.692. The van der Waals surface area contributed by atoms with Crippen LogP contribution < -0.4 is 0 Å². The predicted molar refractivity (Wildman–Crippen MR) is 63.8 cm³/mol. The van der Waals surface area contributed by atoms with Gasteiger partial charge in [0.25, 0.3) is 11.8 Å². The van der Waals surface area contributed by atoms with Crippen molar-refractivity contribution in [3.63, 3.8) is 0 Å². The predicted octanol–water partition coefficient (Wildman–Crippen LogP) is 2.52. The van der Waals surface area contributed by atoms with Gasteiger partial charge in [-0.1, -0.05) is 26.7 Å². The van der Waals surface area contributed by atoms with Gasteiger partial charge in [0.2, 0.25) is 0 Å². The molecule has 1 aliphatic rings. The molecule has 1 heterocycles. The SMILES string of the molecule is CC1=CC(=O)N(C(C)CCCC(C)C)C1=O.